The van der Waals surface area contributed by atoms with Crippen molar-refractivity contribution in [1.29, 1.82) is 0 Å². The molecular formula is C19H16N3O4S-. The summed E-state index contributed by atoms with van der Waals surface area (Å²) >= 11 is 1.55. The maximum Gasteiger partial charge on any atom is 0.292 e. The molecule has 27 heavy (non-hydrogen) atoms. The molecule has 0 saturated heterocycles. The minimum Gasteiger partial charge on any atom is -0.545 e. The number of aromatic nitrogens is 1. The fourth-order valence-corrected chi connectivity index (χ4v) is 3.40. The first-order valence-electron chi connectivity index (χ1n) is 8.19. The van der Waals surface area contributed by atoms with Crippen LogP contribution in [0.4, 0.5) is 11.4 Å². The van der Waals surface area contributed by atoms with E-state index in [0.29, 0.717) is 13.0 Å². The fourth-order valence-electron chi connectivity index (χ4n) is 2.53. The van der Waals surface area contributed by atoms with Gasteiger partial charge in [-0.1, -0.05) is 35.9 Å². The van der Waals surface area contributed by atoms with Gasteiger partial charge in [0, 0.05) is 35.5 Å². The predicted molar refractivity (Wildman–Crippen MR) is 102 cm³/mol. The van der Waals surface area contributed by atoms with Crippen molar-refractivity contribution in [1.82, 2.24) is 4.98 Å². The highest BCUT2D eigenvalue weighted by atomic mass is 32.1. The molecule has 0 aliphatic heterocycles. The van der Waals surface area contributed by atoms with Gasteiger partial charge in [-0.2, -0.15) is 0 Å². The molecule has 0 saturated carbocycles. The molecule has 1 heterocycles. The number of hydrogen-bond acceptors (Lipinski definition) is 7. The van der Waals surface area contributed by atoms with Crippen molar-refractivity contribution in [2.24, 2.45) is 0 Å². The maximum absolute atomic E-state index is 11.2. The quantitative estimate of drug-likeness (QED) is 0.497. The van der Waals surface area contributed by atoms with Crippen molar-refractivity contribution in [3.05, 3.63) is 74.8 Å². The van der Waals surface area contributed by atoms with Crippen LogP contribution in [0.25, 0.3) is 10.6 Å². The van der Waals surface area contributed by atoms with Crippen LogP contribution in [0, 0.1) is 17.0 Å². The first-order valence-corrected chi connectivity index (χ1v) is 9.07. The van der Waals surface area contributed by atoms with Crippen LogP contribution in [-0.2, 0) is 6.42 Å². The molecule has 0 spiro atoms. The van der Waals surface area contributed by atoms with Crippen LogP contribution >= 0.6 is 11.3 Å². The Morgan fingerprint density at radius 3 is 2.63 bits per heavy atom. The SMILES string of the molecule is Cc1ccc(-c2nc(CCNc3ccc(C(=O)[O-])cc3[N+](=O)[O-])cs2)cc1. The number of anilines is 1. The topological polar surface area (TPSA) is 108 Å². The lowest BCUT2D eigenvalue weighted by molar-refractivity contribution is -0.384. The summed E-state index contributed by atoms with van der Waals surface area (Å²) in [5.74, 6) is -1.45. The van der Waals surface area contributed by atoms with E-state index < -0.39 is 10.9 Å². The lowest BCUT2D eigenvalue weighted by atomic mass is 10.1. The number of hydrogen-bond donors (Lipinski definition) is 1. The largest absolute Gasteiger partial charge is 0.545 e. The molecule has 0 fully saturated rings. The number of nitro groups is 1. The van der Waals surface area contributed by atoms with Crippen LogP contribution < -0.4 is 10.4 Å². The number of nitro benzene ring substituents is 1. The minimum atomic E-state index is -1.45. The lowest BCUT2D eigenvalue weighted by Crippen LogP contribution is -2.22. The van der Waals surface area contributed by atoms with E-state index >= 15 is 0 Å². The van der Waals surface area contributed by atoms with Gasteiger partial charge >= 0.3 is 0 Å². The highest BCUT2D eigenvalue weighted by molar-refractivity contribution is 7.13. The molecular weight excluding hydrogens is 366 g/mol. The number of aryl methyl sites for hydroxylation is 1. The van der Waals surface area contributed by atoms with Gasteiger partial charge in [0.1, 0.15) is 10.7 Å². The minimum absolute atomic E-state index is 0.227. The summed E-state index contributed by atoms with van der Waals surface area (Å²) in [6.45, 7) is 2.46. The monoisotopic (exact) mass is 382 g/mol. The zero-order chi connectivity index (χ0) is 19.4. The molecule has 0 unspecified atom stereocenters. The van der Waals surface area contributed by atoms with E-state index in [0.717, 1.165) is 22.3 Å². The molecule has 0 aliphatic carbocycles. The van der Waals surface area contributed by atoms with Gasteiger partial charge in [-0.25, -0.2) is 4.98 Å². The van der Waals surface area contributed by atoms with Gasteiger partial charge in [0.15, 0.2) is 0 Å². The summed E-state index contributed by atoms with van der Waals surface area (Å²) in [5.41, 5.74) is 2.87. The Bertz CT molecular complexity index is 983. The van der Waals surface area contributed by atoms with Crippen molar-refractivity contribution in [2.75, 3.05) is 11.9 Å². The van der Waals surface area contributed by atoms with Crippen LogP contribution in [0.15, 0.2) is 47.8 Å². The van der Waals surface area contributed by atoms with E-state index in [1.54, 1.807) is 11.3 Å². The summed E-state index contributed by atoms with van der Waals surface area (Å²) in [6.07, 6.45) is 0.585. The molecule has 0 bridgehead atoms. The van der Waals surface area contributed by atoms with Gasteiger partial charge in [-0.05, 0) is 13.0 Å². The number of carboxylic acids is 1. The van der Waals surface area contributed by atoms with E-state index in [9.17, 15) is 20.0 Å². The van der Waals surface area contributed by atoms with Crippen molar-refractivity contribution >= 4 is 28.7 Å². The van der Waals surface area contributed by atoms with Crippen LogP contribution in [0.1, 0.15) is 21.6 Å². The number of carbonyl (C=O) groups excluding carboxylic acids is 1. The molecule has 3 aromatic rings. The Balaban J connectivity index is 1.66. The zero-order valence-corrected chi connectivity index (χ0v) is 15.3. The van der Waals surface area contributed by atoms with Crippen molar-refractivity contribution in [3.63, 3.8) is 0 Å². The summed E-state index contributed by atoms with van der Waals surface area (Å²) < 4.78 is 0. The molecule has 138 valence electrons. The summed E-state index contributed by atoms with van der Waals surface area (Å²) in [4.78, 5) is 26.0. The second kappa shape index (κ2) is 7.96. The van der Waals surface area contributed by atoms with Crippen molar-refractivity contribution in [2.45, 2.75) is 13.3 Å². The normalized spacial score (nSPS) is 10.6. The molecule has 8 heteroatoms. The lowest BCUT2D eigenvalue weighted by Gasteiger charge is -2.08. The Hall–Kier alpha value is -3.26. The fraction of sp³-hybridized carbons (Fsp3) is 0.158. The molecule has 2 aromatic carbocycles. The van der Waals surface area contributed by atoms with Crippen LogP contribution in [-0.4, -0.2) is 22.4 Å². The summed E-state index contributed by atoms with van der Waals surface area (Å²) in [6, 6.07) is 11.8. The van der Waals surface area contributed by atoms with E-state index in [1.807, 2.05) is 36.6 Å². The number of thiazole rings is 1. The number of rotatable bonds is 7. The van der Waals surface area contributed by atoms with Gasteiger partial charge in [-0.15, -0.1) is 11.3 Å². The first-order chi connectivity index (χ1) is 12.9. The highest BCUT2D eigenvalue weighted by Gasteiger charge is 2.15. The molecule has 0 aliphatic rings. The Kier molecular flexibility index (Phi) is 5.46. The van der Waals surface area contributed by atoms with Gasteiger partial charge in [-0.3, -0.25) is 10.1 Å². The number of nitrogens with one attached hydrogen (secondary N) is 1. The molecule has 0 atom stereocenters. The molecule has 3 rings (SSSR count). The third-order valence-electron chi connectivity index (χ3n) is 3.98. The van der Waals surface area contributed by atoms with E-state index in [-0.39, 0.29) is 16.9 Å². The van der Waals surface area contributed by atoms with Gasteiger partial charge in [0.25, 0.3) is 5.69 Å². The third-order valence-corrected chi connectivity index (χ3v) is 4.92. The Morgan fingerprint density at radius 2 is 1.96 bits per heavy atom. The molecule has 7 nitrogen and oxygen atoms in total. The van der Waals surface area contributed by atoms with Crippen LogP contribution in [0.3, 0.4) is 0 Å². The van der Waals surface area contributed by atoms with E-state index in [1.165, 1.54) is 17.7 Å². The van der Waals surface area contributed by atoms with Gasteiger partial charge in [0.2, 0.25) is 0 Å². The van der Waals surface area contributed by atoms with Gasteiger partial charge in [0.05, 0.1) is 16.6 Å². The Morgan fingerprint density at radius 1 is 1.22 bits per heavy atom. The number of carbonyl (C=O) groups is 1. The van der Waals surface area contributed by atoms with Crippen molar-refractivity contribution in [3.8, 4) is 10.6 Å². The number of carboxylic acid groups (broad SMARTS) is 1. The standard InChI is InChI=1S/C19H17N3O4S/c1-12-2-4-13(5-3-12)18-21-15(11-27-18)8-9-20-16-7-6-14(19(23)24)10-17(16)22(25)26/h2-7,10-11,20H,8-9H2,1H3,(H,23,24)/p-1. The molecule has 1 N–H and O–H groups in total. The summed E-state index contributed by atoms with van der Waals surface area (Å²) in [7, 11) is 0. The highest BCUT2D eigenvalue weighted by Crippen LogP contribution is 2.26. The smallest absolute Gasteiger partial charge is 0.292 e. The summed E-state index contributed by atoms with van der Waals surface area (Å²) in [5, 5.41) is 27.9. The second-order valence-corrected chi connectivity index (χ2v) is 6.82. The van der Waals surface area contributed by atoms with Gasteiger partial charge < -0.3 is 15.2 Å². The first kappa shape index (κ1) is 18.5. The predicted octanol–water partition coefficient (Wildman–Crippen LogP) is 3.04. The molecule has 1 aromatic heterocycles. The maximum atomic E-state index is 11.2. The van der Waals surface area contributed by atoms with Crippen LogP contribution in [0.5, 0.6) is 0 Å². The molecule has 0 radical (unpaired) electrons. The average Bonchev–Trinajstić information content (AvgIpc) is 3.11. The number of nitrogens with zero attached hydrogens (tertiary/aromatic N) is 2. The van der Waals surface area contributed by atoms with Crippen LogP contribution in [0.2, 0.25) is 0 Å². The van der Waals surface area contributed by atoms with E-state index in [4.69, 9.17) is 0 Å². The number of benzene rings is 2. The average molecular weight is 382 g/mol. The van der Waals surface area contributed by atoms with Crippen molar-refractivity contribution < 1.29 is 14.8 Å². The zero-order valence-electron chi connectivity index (χ0n) is 14.5. The Labute approximate surface area is 159 Å². The molecule has 0 amide bonds. The van der Waals surface area contributed by atoms with E-state index in [2.05, 4.69) is 10.3 Å². The third kappa shape index (κ3) is 4.48. The number of aromatic carboxylic acids is 1. The second-order valence-electron chi connectivity index (χ2n) is 5.96.